The van der Waals surface area contributed by atoms with Crippen molar-refractivity contribution in [1.82, 2.24) is 0 Å². The van der Waals surface area contributed by atoms with Crippen LogP contribution in [0, 0.1) is 36.4 Å². The molecule has 2 rings (SSSR count). The molecule has 0 atom stereocenters. The molecule has 0 aliphatic heterocycles. The smallest absolute Gasteiger partial charge is 0.258 e. The van der Waals surface area contributed by atoms with E-state index in [1.807, 2.05) is 0 Å². The van der Waals surface area contributed by atoms with Crippen molar-refractivity contribution in [2.45, 2.75) is 0 Å². The van der Waals surface area contributed by atoms with Crippen molar-refractivity contribution in [3.63, 3.8) is 0 Å². The third-order valence-electron chi connectivity index (χ3n) is 2.44. The lowest BCUT2D eigenvalue weighted by molar-refractivity contribution is -0.393. The van der Waals surface area contributed by atoms with Gasteiger partial charge in [-0.05, 0) is 6.07 Å². The fourth-order valence-electron chi connectivity index (χ4n) is 1.66. The average molecular weight is 262 g/mol. The topological polar surface area (TPSA) is 129 Å². The summed E-state index contributed by atoms with van der Waals surface area (Å²) in [7, 11) is 0. The van der Waals surface area contributed by atoms with Gasteiger partial charge in [0.1, 0.15) is 0 Å². The molecule has 0 bridgehead atoms. The number of hydrogen-bond donors (Lipinski definition) is 0. The van der Waals surface area contributed by atoms with Gasteiger partial charge in [0.05, 0.1) is 37.7 Å². The van der Waals surface area contributed by atoms with E-state index in [4.69, 9.17) is 0 Å². The zero-order chi connectivity index (χ0) is 14.2. The van der Waals surface area contributed by atoms with Crippen molar-refractivity contribution in [3.8, 4) is 0 Å². The number of fused-ring (bicyclic) bond motifs is 1. The number of nitro groups is 3. The molecule has 9 nitrogen and oxygen atoms in total. The summed E-state index contributed by atoms with van der Waals surface area (Å²) >= 11 is 0. The number of hydrogen-bond acceptors (Lipinski definition) is 6. The van der Waals surface area contributed by atoms with Crippen molar-refractivity contribution in [2.24, 2.45) is 0 Å². The summed E-state index contributed by atoms with van der Waals surface area (Å²) in [5.74, 6) is 0. The number of nitro benzene ring substituents is 3. The number of benzene rings is 2. The van der Waals surface area contributed by atoms with E-state index in [-0.39, 0.29) is 10.8 Å². The SMILES string of the molecule is O=[N+]([O-])c1[c]c2c([N+](=O)[O-])cccc2c([N+](=O)[O-])c1. The van der Waals surface area contributed by atoms with E-state index in [1.54, 1.807) is 0 Å². The Kier molecular flexibility index (Phi) is 2.79. The molecule has 0 saturated heterocycles. The molecular weight excluding hydrogens is 258 g/mol. The molecule has 2 aromatic rings. The molecule has 0 N–H and O–H groups in total. The van der Waals surface area contributed by atoms with Crippen LogP contribution in [0.15, 0.2) is 24.3 Å². The van der Waals surface area contributed by atoms with Crippen LogP contribution in [0.5, 0.6) is 0 Å². The van der Waals surface area contributed by atoms with E-state index >= 15 is 0 Å². The van der Waals surface area contributed by atoms with Gasteiger partial charge in [0.25, 0.3) is 17.1 Å². The molecule has 0 aliphatic rings. The van der Waals surface area contributed by atoms with Crippen molar-refractivity contribution in [3.05, 3.63) is 60.7 Å². The molecule has 0 saturated carbocycles. The number of rotatable bonds is 3. The highest BCUT2D eigenvalue weighted by Crippen LogP contribution is 2.35. The predicted octanol–water partition coefficient (Wildman–Crippen LogP) is 2.36. The minimum Gasteiger partial charge on any atom is -0.258 e. The largest absolute Gasteiger partial charge is 0.285 e. The van der Waals surface area contributed by atoms with Crippen LogP contribution < -0.4 is 0 Å². The van der Waals surface area contributed by atoms with E-state index in [0.29, 0.717) is 0 Å². The van der Waals surface area contributed by atoms with Crippen molar-refractivity contribution >= 4 is 27.8 Å². The van der Waals surface area contributed by atoms with Gasteiger partial charge in [-0.15, -0.1) is 0 Å². The predicted molar refractivity (Wildman–Crippen MR) is 62.7 cm³/mol. The second-order valence-electron chi connectivity index (χ2n) is 3.51. The van der Waals surface area contributed by atoms with Crippen LogP contribution in [-0.4, -0.2) is 14.8 Å². The third-order valence-corrected chi connectivity index (χ3v) is 2.44. The van der Waals surface area contributed by atoms with Gasteiger partial charge in [-0.25, -0.2) is 0 Å². The lowest BCUT2D eigenvalue weighted by Crippen LogP contribution is -1.96. The second-order valence-corrected chi connectivity index (χ2v) is 3.51. The monoisotopic (exact) mass is 262 g/mol. The fourth-order valence-corrected chi connectivity index (χ4v) is 1.66. The van der Waals surface area contributed by atoms with Gasteiger partial charge in [-0.3, -0.25) is 30.3 Å². The van der Waals surface area contributed by atoms with Gasteiger partial charge < -0.3 is 0 Å². The normalized spacial score (nSPS) is 10.3. The van der Waals surface area contributed by atoms with E-state index in [2.05, 4.69) is 6.07 Å². The highest BCUT2D eigenvalue weighted by atomic mass is 16.6. The first-order chi connectivity index (χ1) is 8.91. The quantitative estimate of drug-likeness (QED) is 0.616. The Bertz CT molecular complexity index is 727. The molecule has 0 aromatic heterocycles. The highest BCUT2D eigenvalue weighted by molar-refractivity contribution is 5.98. The molecule has 0 aliphatic carbocycles. The Balaban J connectivity index is 2.95. The fraction of sp³-hybridized carbons (Fsp3) is 0. The molecule has 2 aromatic carbocycles. The molecule has 9 heteroatoms. The van der Waals surface area contributed by atoms with Gasteiger partial charge in [0.2, 0.25) is 0 Å². The maximum absolute atomic E-state index is 10.9. The van der Waals surface area contributed by atoms with Gasteiger partial charge in [0.15, 0.2) is 0 Å². The Hall–Kier alpha value is -3.10. The minimum atomic E-state index is -0.886. The van der Waals surface area contributed by atoms with Crippen LogP contribution >= 0.6 is 0 Å². The summed E-state index contributed by atoms with van der Waals surface area (Å²) in [5, 5.41) is 32.1. The minimum absolute atomic E-state index is 0.0650. The van der Waals surface area contributed by atoms with E-state index in [1.165, 1.54) is 12.1 Å². The highest BCUT2D eigenvalue weighted by Gasteiger charge is 2.24. The van der Waals surface area contributed by atoms with Crippen LogP contribution in [0.3, 0.4) is 0 Å². The van der Waals surface area contributed by atoms with Gasteiger partial charge >= 0.3 is 0 Å². The third kappa shape index (κ3) is 2.04. The van der Waals surface area contributed by atoms with Gasteiger partial charge in [0, 0.05) is 6.07 Å². The number of non-ortho nitro benzene ring substituents is 3. The zero-order valence-corrected chi connectivity index (χ0v) is 9.10. The maximum atomic E-state index is 10.9. The van der Waals surface area contributed by atoms with E-state index in [0.717, 1.165) is 12.1 Å². The lowest BCUT2D eigenvalue weighted by atomic mass is 10.1. The van der Waals surface area contributed by atoms with Crippen molar-refractivity contribution in [2.75, 3.05) is 0 Å². The second kappa shape index (κ2) is 4.29. The Labute approximate surface area is 104 Å². The zero-order valence-electron chi connectivity index (χ0n) is 9.10. The van der Waals surface area contributed by atoms with E-state index in [9.17, 15) is 30.3 Å². The van der Waals surface area contributed by atoms with Crippen molar-refractivity contribution < 1.29 is 14.8 Å². The van der Waals surface area contributed by atoms with Crippen molar-refractivity contribution in [1.29, 1.82) is 0 Å². The molecule has 0 amide bonds. The van der Waals surface area contributed by atoms with Gasteiger partial charge in [-0.2, -0.15) is 0 Å². The molecule has 0 spiro atoms. The molecule has 0 heterocycles. The summed E-state index contributed by atoms with van der Waals surface area (Å²) in [4.78, 5) is 29.9. The van der Waals surface area contributed by atoms with Crippen LogP contribution in [-0.2, 0) is 0 Å². The summed E-state index contributed by atoms with van der Waals surface area (Å²) in [6, 6.07) is 6.61. The number of nitrogens with zero attached hydrogens (tertiary/aromatic N) is 3. The summed E-state index contributed by atoms with van der Waals surface area (Å²) in [5.41, 5.74) is -1.72. The van der Waals surface area contributed by atoms with Gasteiger partial charge in [-0.1, -0.05) is 6.07 Å². The summed E-state index contributed by atoms with van der Waals surface area (Å²) < 4.78 is 0. The lowest BCUT2D eigenvalue weighted by Gasteiger charge is -2.00. The Morgan fingerprint density at radius 3 is 2.05 bits per heavy atom. The maximum Gasteiger partial charge on any atom is 0.285 e. The molecule has 0 unspecified atom stereocenters. The summed E-state index contributed by atoms with van der Waals surface area (Å²) in [6.45, 7) is 0. The average Bonchev–Trinajstić information content (AvgIpc) is 2.36. The Morgan fingerprint density at radius 1 is 0.895 bits per heavy atom. The van der Waals surface area contributed by atoms with Crippen LogP contribution in [0.1, 0.15) is 0 Å². The molecule has 19 heavy (non-hydrogen) atoms. The van der Waals surface area contributed by atoms with Crippen LogP contribution in [0.2, 0.25) is 0 Å². The molecule has 1 radical (unpaired) electrons. The molecule has 0 fully saturated rings. The first-order valence-corrected chi connectivity index (χ1v) is 4.84. The van der Waals surface area contributed by atoms with Crippen LogP contribution in [0.4, 0.5) is 17.1 Å². The molecular formula is C10H4N3O6. The first-order valence-electron chi connectivity index (χ1n) is 4.84. The first kappa shape index (κ1) is 12.4. The standard InChI is InChI=1S/C10H4N3O6/c14-11(15)6-4-8-7(10(5-6)13(18)19)2-1-3-9(8)12(16)17/h1-3,5H. The summed E-state index contributed by atoms with van der Waals surface area (Å²) in [6.07, 6.45) is 0. The van der Waals surface area contributed by atoms with E-state index < -0.39 is 31.8 Å². The van der Waals surface area contributed by atoms with Crippen LogP contribution in [0.25, 0.3) is 10.8 Å². The Morgan fingerprint density at radius 2 is 1.53 bits per heavy atom. The molecule has 95 valence electrons.